The summed E-state index contributed by atoms with van der Waals surface area (Å²) in [5.74, 6) is 0.698. The molecule has 1 saturated carbocycles. The fraction of sp³-hybridized carbons (Fsp3) is 0.543. The Balaban J connectivity index is 1.19. The van der Waals surface area contributed by atoms with Crippen LogP contribution in [0.3, 0.4) is 0 Å². The van der Waals surface area contributed by atoms with Gasteiger partial charge in [0, 0.05) is 12.2 Å². The molecule has 218 valence electrons. The Kier molecular flexibility index (Phi) is 14.4. The molecular formula is C35H48O5. The van der Waals surface area contributed by atoms with Crippen LogP contribution in [0.1, 0.15) is 96.5 Å². The maximum absolute atomic E-state index is 12.0. The summed E-state index contributed by atoms with van der Waals surface area (Å²) in [6.45, 7) is 5.43. The fourth-order valence-electron chi connectivity index (χ4n) is 5.24. The van der Waals surface area contributed by atoms with Crippen molar-refractivity contribution in [2.75, 3.05) is 13.2 Å². The highest BCUT2D eigenvalue weighted by molar-refractivity contribution is 5.91. The molecule has 0 aromatic heterocycles. The molecule has 2 aromatic carbocycles. The van der Waals surface area contributed by atoms with Crippen LogP contribution in [0.4, 0.5) is 0 Å². The van der Waals surface area contributed by atoms with Crippen LogP contribution < -0.4 is 4.74 Å². The van der Waals surface area contributed by atoms with Crippen LogP contribution in [0.5, 0.6) is 5.75 Å². The quantitative estimate of drug-likeness (QED) is 0.112. The van der Waals surface area contributed by atoms with E-state index in [2.05, 4.69) is 50.2 Å². The number of esters is 2. The van der Waals surface area contributed by atoms with Crippen LogP contribution >= 0.6 is 0 Å². The third kappa shape index (κ3) is 12.0. The van der Waals surface area contributed by atoms with E-state index in [-0.39, 0.29) is 6.10 Å². The Hall–Kier alpha value is -3.08. The fourth-order valence-corrected chi connectivity index (χ4v) is 5.24. The van der Waals surface area contributed by atoms with Gasteiger partial charge in [0.15, 0.2) is 0 Å². The largest absolute Gasteiger partial charge is 0.494 e. The van der Waals surface area contributed by atoms with Gasteiger partial charge in [-0.05, 0) is 92.5 Å². The van der Waals surface area contributed by atoms with E-state index in [1.165, 1.54) is 48.1 Å². The van der Waals surface area contributed by atoms with Gasteiger partial charge in [-0.25, -0.2) is 9.59 Å². The van der Waals surface area contributed by atoms with E-state index in [1.54, 1.807) is 0 Å². The summed E-state index contributed by atoms with van der Waals surface area (Å²) in [6, 6.07) is 17.0. The molecule has 0 amide bonds. The van der Waals surface area contributed by atoms with Gasteiger partial charge >= 0.3 is 11.9 Å². The highest BCUT2D eigenvalue weighted by Crippen LogP contribution is 2.30. The number of aryl methyl sites for hydroxylation is 1. The summed E-state index contributed by atoms with van der Waals surface area (Å²) in [5.41, 5.74) is 3.79. The molecule has 1 aliphatic rings. The number of hydrogen-bond donors (Lipinski definition) is 0. The molecular weight excluding hydrogens is 500 g/mol. The summed E-state index contributed by atoms with van der Waals surface area (Å²) >= 11 is 0. The van der Waals surface area contributed by atoms with Gasteiger partial charge in [0.05, 0.1) is 13.2 Å². The van der Waals surface area contributed by atoms with Crippen molar-refractivity contribution in [1.29, 1.82) is 0 Å². The lowest BCUT2D eigenvalue weighted by Gasteiger charge is -2.27. The van der Waals surface area contributed by atoms with Crippen LogP contribution in [0.2, 0.25) is 0 Å². The van der Waals surface area contributed by atoms with Crippen LogP contribution in [-0.4, -0.2) is 31.3 Å². The molecule has 0 N–H and O–H groups in total. The molecule has 40 heavy (non-hydrogen) atoms. The number of ether oxygens (including phenoxy) is 3. The third-order valence-corrected chi connectivity index (χ3v) is 7.63. The Labute approximate surface area is 241 Å². The average molecular weight is 549 g/mol. The maximum Gasteiger partial charge on any atom is 0.331 e. The maximum atomic E-state index is 12.0. The summed E-state index contributed by atoms with van der Waals surface area (Å²) in [7, 11) is 0. The minimum Gasteiger partial charge on any atom is -0.494 e. The zero-order valence-electron chi connectivity index (χ0n) is 24.6. The number of carbonyl (C=O) groups excluding carboxylic acids is 2. The smallest absolute Gasteiger partial charge is 0.331 e. The summed E-state index contributed by atoms with van der Waals surface area (Å²) in [5, 5.41) is 0. The van der Waals surface area contributed by atoms with Crippen LogP contribution in [0, 0.1) is 5.92 Å². The molecule has 0 aliphatic heterocycles. The van der Waals surface area contributed by atoms with Crippen molar-refractivity contribution in [3.8, 4) is 16.9 Å². The topological polar surface area (TPSA) is 61.8 Å². The molecule has 2 aromatic rings. The zero-order chi connectivity index (χ0) is 28.4. The summed E-state index contributed by atoms with van der Waals surface area (Å²) in [6.07, 6.45) is 16.2. The van der Waals surface area contributed by atoms with Gasteiger partial charge in [-0.2, -0.15) is 0 Å². The summed E-state index contributed by atoms with van der Waals surface area (Å²) in [4.78, 5) is 23.9. The van der Waals surface area contributed by atoms with E-state index in [0.29, 0.717) is 13.2 Å². The SMILES string of the molecule is CCCCC1CCC(OC(=O)C=CC(=O)OCCCCCCOc2ccc(-c3ccc(CCC)cc3)cc2)CC1. The highest BCUT2D eigenvalue weighted by atomic mass is 16.5. The van der Waals surface area contributed by atoms with E-state index in [1.807, 2.05) is 12.1 Å². The second-order valence-electron chi connectivity index (χ2n) is 11.0. The molecule has 1 fully saturated rings. The normalized spacial score (nSPS) is 17.1. The monoisotopic (exact) mass is 548 g/mol. The second kappa shape index (κ2) is 18.3. The molecule has 1 aliphatic carbocycles. The van der Waals surface area contributed by atoms with Gasteiger partial charge in [-0.3, -0.25) is 0 Å². The van der Waals surface area contributed by atoms with Gasteiger partial charge < -0.3 is 14.2 Å². The number of rotatable bonds is 17. The van der Waals surface area contributed by atoms with Crippen molar-refractivity contribution in [2.24, 2.45) is 5.92 Å². The first-order chi connectivity index (χ1) is 19.6. The van der Waals surface area contributed by atoms with E-state index < -0.39 is 11.9 Å². The first-order valence-electron chi connectivity index (χ1n) is 15.4. The average Bonchev–Trinajstić information content (AvgIpc) is 2.98. The van der Waals surface area contributed by atoms with Crippen molar-refractivity contribution in [3.63, 3.8) is 0 Å². The number of hydrogen-bond acceptors (Lipinski definition) is 5. The van der Waals surface area contributed by atoms with E-state index in [0.717, 1.165) is 75.9 Å². The lowest BCUT2D eigenvalue weighted by Crippen LogP contribution is -2.24. The van der Waals surface area contributed by atoms with Crippen molar-refractivity contribution >= 4 is 11.9 Å². The minimum absolute atomic E-state index is 0.0254. The standard InChI is InChI=1S/C35H48O5/c1-3-5-11-29-14-20-33(21-15-29)40-35(37)25-24-34(36)39-27-9-7-6-8-26-38-32-22-18-31(19-23-32)30-16-12-28(10-4-2)13-17-30/h12-13,16-19,22-25,29,33H,3-11,14-15,20-21,26-27H2,1-2H3. The van der Waals surface area contributed by atoms with Crippen LogP contribution in [-0.2, 0) is 25.5 Å². The Bertz CT molecular complexity index is 1020. The predicted octanol–water partition coefficient (Wildman–Crippen LogP) is 8.64. The van der Waals surface area contributed by atoms with E-state index >= 15 is 0 Å². The zero-order valence-corrected chi connectivity index (χ0v) is 24.6. The Morgan fingerprint density at radius 1 is 0.725 bits per heavy atom. The number of benzene rings is 2. The van der Waals surface area contributed by atoms with Gasteiger partial charge in [0.2, 0.25) is 0 Å². The minimum atomic E-state index is -0.496. The molecule has 5 heteroatoms. The molecule has 0 heterocycles. The number of carbonyl (C=O) groups is 2. The lowest BCUT2D eigenvalue weighted by atomic mass is 9.84. The summed E-state index contributed by atoms with van der Waals surface area (Å²) < 4.78 is 16.6. The first-order valence-corrected chi connectivity index (χ1v) is 15.4. The van der Waals surface area contributed by atoms with Crippen molar-refractivity contribution in [3.05, 3.63) is 66.2 Å². The van der Waals surface area contributed by atoms with Gasteiger partial charge in [-0.15, -0.1) is 0 Å². The number of unbranched alkanes of at least 4 members (excludes halogenated alkanes) is 4. The van der Waals surface area contributed by atoms with Crippen molar-refractivity contribution in [2.45, 2.75) is 103 Å². The van der Waals surface area contributed by atoms with E-state index in [9.17, 15) is 9.59 Å². The van der Waals surface area contributed by atoms with Crippen LogP contribution in [0.15, 0.2) is 60.7 Å². The molecule has 0 radical (unpaired) electrons. The molecule has 0 bridgehead atoms. The van der Waals surface area contributed by atoms with Gasteiger partial charge in [-0.1, -0.05) is 75.9 Å². The van der Waals surface area contributed by atoms with Gasteiger partial charge in [0.1, 0.15) is 11.9 Å². The Morgan fingerprint density at radius 3 is 2.00 bits per heavy atom. The second-order valence-corrected chi connectivity index (χ2v) is 11.0. The molecule has 0 unspecified atom stereocenters. The molecule has 5 nitrogen and oxygen atoms in total. The Morgan fingerprint density at radius 2 is 1.35 bits per heavy atom. The van der Waals surface area contributed by atoms with Gasteiger partial charge in [0.25, 0.3) is 0 Å². The van der Waals surface area contributed by atoms with E-state index in [4.69, 9.17) is 14.2 Å². The van der Waals surface area contributed by atoms with Crippen LogP contribution in [0.25, 0.3) is 11.1 Å². The highest BCUT2D eigenvalue weighted by Gasteiger charge is 2.23. The first kappa shape index (κ1) is 31.4. The molecule has 0 saturated heterocycles. The lowest BCUT2D eigenvalue weighted by molar-refractivity contribution is -0.145. The molecule has 0 atom stereocenters. The third-order valence-electron chi connectivity index (χ3n) is 7.63. The molecule has 0 spiro atoms. The van der Waals surface area contributed by atoms with Crippen molar-refractivity contribution in [1.82, 2.24) is 0 Å². The predicted molar refractivity (Wildman–Crippen MR) is 161 cm³/mol. The molecule has 3 rings (SSSR count). The van der Waals surface area contributed by atoms with Crippen molar-refractivity contribution < 1.29 is 23.8 Å².